The zero-order chi connectivity index (χ0) is 10.5. The summed E-state index contributed by atoms with van der Waals surface area (Å²) in [7, 11) is 0. The summed E-state index contributed by atoms with van der Waals surface area (Å²) < 4.78 is 5.55. The lowest BCUT2D eigenvalue weighted by atomic mass is 10.2. The van der Waals surface area contributed by atoms with Crippen molar-refractivity contribution in [2.45, 2.75) is 6.61 Å². The van der Waals surface area contributed by atoms with Crippen molar-refractivity contribution in [1.29, 1.82) is 0 Å². The van der Waals surface area contributed by atoms with Gasteiger partial charge in [0.1, 0.15) is 12.4 Å². The molecule has 76 valence electrons. The van der Waals surface area contributed by atoms with Gasteiger partial charge in [0.05, 0.1) is 0 Å². The van der Waals surface area contributed by atoms with E-state index in [2.05, 4.69) is 4.98 Å². The van der Waals surface area contributed by atoms with Crippen molar-refractivity contribution < 1.29 is 4.74 Å². The van der Waals surface area contributed by atoms with Gasteiger partial charge in [0, 0.05) is 23.6 Å². The summed E-state index contributed by atoms with van der Waals surface area (Å²) in [6.45, 7) is 0.448. The second-order valence-electron chi connectivity index (χ2n) is 3.18. The topological polar surface area (TPSA) is 48.1 Å². The number of nitrogen functional groups attached to an aromatic ring is 1. The van der Waals surface area contributed by atoms with Gasteiger partial charge in [-0.1, -0.05) is 18.2 Å². The molecule has 2 N–H and O–H groups in total. The van der Waals surface area contributed by atoms with Crippen molar-refractivity contribution in [3.8, 4) is 5.75 Å². The number of hydrogen-bond acceptors (Lipinski definition) is 3. The molecule has 1 heterocycles. The van der Waals surface area contributed by atoms with Gasteiger partial charge in [-0.25, -0.2) is 0 Å². The molecule has 0 aliphatic rings. The highest BCUT2D eigenvalue weighted by Gasteiger charge is 1.99. The van der Waals surface area contributed by atoms with E-state index in [9.17, 15) is 0 Å². The molecule has 1 aromatic carbocycles. The molecule has 0 saturated carbocycles. The molecule has 0 radical (unpaired) electrons. The summed E-state index contributed by atoms with van der Waals surface area (Å²) in [5, 5.41) is 0. The highest BCUT2D eigenvalue weighted by atomic mass is 16.5. The third-order valence-corrected chi connectivity index (χ3v) is 2.08. The van der Waals surface area contributed by atoms with E-state index in [0.29, 0.717) is 12.3 Å². The molecule has 1 aromatic heterocycles. The lowest BCUT2D eigenvalue weighted by molar-refractivity contribution is 0.306. The van der Waals surface area contributed by atoms with E-state index in [-0.39, 0.29) is 0 Å². The van der Waals surface area contributed by atoms with Crippen LogP contribution < -0.4 is 10.5 Å². The molecule has 3 nitrogen and oxygen atoms in total. The summed E-state index contributed by atoms with van der Waals surface area (Å²) in [6.07, 6.45) is 3.39. The van der Waals surface area contributed by atoms with Crippen LogP contribution in [0.15, 0.2) is 48.8 Å². The lowest BCUT2D eigenvalue weighted by Crippen LogP contribution is -2.00. The SMILES string of the molecule is Nc1ccncc1COc1ccccc1. The van der Waals surface area contributed by atoms with Crippen molar-refractivity contribution >= 4 is 5.69 Å². The molecule has 0 unspecified atom stereocenters. The minimum Gasteiger partial charge on any atom is -0.489 e. The third kappa shape index (κ3) is 2.47. The molecular formula is C12H12N2O. The third-order valence-electron chi connectivity index (χ3n) is 2.08. The van der Waals surface area contributed by atoms with Crippen LogP contribution in [-0.4, -0.2) is 4.98 Å². The first-order valence-electron chi connectivity index (χ1n) is 4.72. The Kier molecular flexibility index (Phi) is 2.83. The van der Waals surface area contributed by atoms with Gasteiger partial charge in [0.15, 0.2) is 0 Å². The molecule has 2 rings (SSSR count). The minimum absolute atomic E-state index is 0.448. The first-order valence-corrected chi connectivity index (χ1v) is 4.72. The van der Waals surface area contributed by atoms with E-state index < -0.39 is 0 Å². The molecule has 0 aliphatic heterocycles. The summed E-state index contributed by atoms with van der Waals surface area (Å²) in [5.41, 5.74) is 7.38. The molecule has 0 fully saturated rings. The Morgan fingerprint density at radius 1 is 1.13 bits per heavy atom. The van der Waals surface area contributed by atoms with Crippen molar-refractivity contribution in [3.05, 3.63) is 54.4 Å². The van der Waals surface area contributed by atoms with Crippen molar-refractivity contribution in [2.24, 2.45) is 0 Å². The van der Waals surface area contributed by atoms with Crippen LogP contribution in [0.2, 0.25) is 0 Å². The Balaban J connectivity index is 2.03. The van der Waals surface area contributed by atoms with Crippen molar-refractivity contribution in [2.75, 3.05) is 5.73 Å². The highest BCUT2D eigenvalue weighted by Crippen LogP contribution is 2.14. The summed E-state index contributed by atoms with van der Waals surface area (Å²) >= 11 is 0. The second-order valence-corrected chi connectivity index (χ2v) is 3.18. The van der Waals surface area contributed by atoms with E-state index in [4.69, 9.17) is 10.5 Å². The van der Waals surface area contributed by atoms with Gasteiger partial charge in [-0.05, 0) is 18.2 Å². The van der Waals surface area contributed by atoms with Gasteiger partial charge < -0.3 is 10.5 Å². The number of para-hydroxylation sites is 1. The average molecular weight is 200 g/mol. The highest BCUT2D eigenvalue weighted by molar-refractivity contribution is 5.44. The number of benzene rings is 1. The fraction of sp³-hybridized carbons (Fsp3) is 0.0833. The summed E-state index contributed by atoms with van der Waals surface area (Å²) in [4.78, 5) is 4.00. The van der Waals surface area contributed by atoms with Gasteiger partial charge in [0.2, 0.25) is 0 Å². The zero-order valence-electron chi connectivity index (χ0n) is 8.26. The molecule has 15 heavy (non-hydrogen) atoms. The van der Waals surface area contributed by atoms with Crippen LogP contribution in [0, 0.1) is 0 Å². The molecule has 0 saturated heterocycles. The van der Waals surface area contributed by atoms with Crippen molar-refractivity contribution in [1.82, 2.24) is 4.98 Å². The fourth-order valence-electron chi connectivity index (χ4n) is 1.24. The number of aromatic nitrogens is 1. The average Bonchev–Trinajstić information content (AvgIpc) is 2.29. The molecule has 3 heteroatoms. The first kappa shape index (κ1) is 9.52. The number of anilines is 1. The molecule has 0 bridgehead atoms. The summed E-state index contributed by atoms with van der Waals surface area (Å²) in [6, 6.07) is 11.4. The standard InChI is InChI=1S/C12H12N2O/c13-12-6-7-14-8-10(12)9-15-11-4-2-1-3-5-11/h1-8H,9H2,(H2,13,14). The maximum Gasteiger partial charge on any atom is 0.119 e. The Hall–Kier alpha value is -2.03. The number of nitrogens with two attached hydrogens (primary N) is 1. The van der Waals surface area contributed by atoms with Gasteiger partial charge in [-0.3, -0.25) is 4.98 Å². The molecular weight excluding hydrogens is 188 g/mol. The Bertz CT molecular complexity index is 429. The van der Waals surface area contributed by atoms with E-state index >= 15 is 0 Å². The minimum atomic E-state index is 0.448. The van der Waals surface area contributed by atoms with Crippen LogP contribution >= 0.6 is 0 Å². The molecule has 0 aliphatic carbocycles. The van der Waals surface area contributed by atoms with Crippen molar-refractivity contribution in [3.63, 3.8) is 0 Å². The molecule has 2 aromatic rings. The number of ether oxygens (including phenoxy) is 1. The summed E-state index contributed by atoms with van der Waals surface area (Å²) in [5.74, 6) is 0.834. The largest absolute Gasteiger partial charge is 0.489 e. The van der Waals surface area contributed by atoms with Crippen LogP contribution in [0.3, 0.4) is 0 Å². The quantitative estimate of drug-likeness (QED) is 0.826. The number of nitrogens with zero attached hydrogens (tertiary/aromatic N) is 1. The predicted molar refractivity (Wildman–Crippen MR) is 59.4 cm³/mol. The molecule has 0 spiro atoms. The lowest BCUT2D eigenvalue weighted by Gasteiger charge is -2.07. The van der Waals surface area contributed by atoms with Crippen LogP contribution in [0.5, 0.6) is 5.75 Å². The predicted octanol–water partition coefficient (Wildman–Crippen LogP) is 2.24. The first-order chi connectivity index (χ1) is 7.36. The molecule has 0 amide bonds. The van der Waals surface area contributed by atoms with E-state index in [0.717, 1.165) is 11.3 Å². The van der Waals surface area contributed by atoms with Crippen LogP contribution in [0.1, 0.15) is 5.56 Å². The van der Waals surface area contributed by atoms with Gasteiger partial charge in [0.25, 0.3) is 0 Å². The van der Waals surface area contributed by atoms with E-state index in [1.54, 1.807) is 18.5 Å². The Morgan fingerprint density at radius 3 is 2.67 bits per heavy atom. The zero-order valence-corrected chi connectivity index (χ0v) is 8.26. The number of hydrogen-bond donors (Lipinski definition) is 1. The van der Waals surface area contributed by atoms with Crippen LogP contribution in [0.25, 0.3) is 0 Å². The molecule has 0 atom stereocenters. The normalized spacial score (nSPS) is 9.87. The number of rotatable bonds is 3. The van der Waals surface area contributed by atoms with E-state index in [1.807, 2.05) is 30.3 Å². The second kappa shape index (κ2) is 4.46. The van der Waals surface area contributed by atoms with Crippen LogP contribution in [0.4, 0.5) is 5.69 Å². The maximum atomic E-state index is 5.76. The number of pyridine rings is 1. The monoisotopic (exact) mass is 200 g/mol. The Labute approximate surface area is 88.5 Å². The smallest absolute Gasteiger partial charge is 0.119 e. The van der Waals surface area contributed by atoms with Gasteiger partial charge >= 0.3 is 0 Å². The van der Waals surface area contributed by atoms with Gasteiger partial charge in [-0.15, -0.1) is 0 Å². The fourth-order valence-corrected chi connectivity index (χ4v) is 1.24. The van der Waals surface area contributed by atoms with E-state index in [1.165, 1.54) is 0 Å². The van der Waals surface area contributed by atoms with Crippen LogP contribution in [-0.2, 0) is 6.61 Å². The maximum absolute atomic E-state index is 5.76. The van der Waals surface area contributed by atoms with Gasteiger partial charge in [-0.2, -0.15) is 0 Å². The Morgan fingerprint density at radius 2 is 1.93 bits per heavy atom.